The molecule has 0 unspecified atom stereocenters. The number of hydrogen-bond acceptors (Lipinski definition) is 5. The number of ether oxygens (including phenoxy) is 1. The lowest BCUT2D eigenvalue weighted by Crippen LogP contribution is -2.49. The van der Waals surface area contributed by atoms with Crippen LogP contribution in [0.1, 0.15) is 46.2 Å². The predicted octanol–water partition coefficient (Wildman–Crippen LogP) is 6.60. The van der Waals surface area contributed by atoms with Crippen LogP contribution >= 0.6 is 0 Å². The van der Waals surface area contributed by atoms with Crippen molar-refractivity contribution in [3.63, 3.8) is 0 Å². The predicted molar refractivity (Wildman–Crippen MR) is 182 cm³/mol. The van der Waals surface area contributed by atoms with E-state index >= 15 is 0 Å². The third-order valence-corrected chi connectivity index (χ3v) is 9.04. The molecule has 0 aliphatic carbocycles. The highest BCUT2D eigenvalue weighted by atomic mass is 16.5. The summed E-state index contributed by atoms with van der Waals surface area (Å²) in [7, 11) is 0. The Hall–Kier alpha value is -5.11. The Kier molecular flexibility index (Phi) is 8.18. The maximum atomic E-state index is 13.9. The van der Waals surface area contributed by atoms with Gasteiger partial charge in [-0.05, 0) is 61.7 Å². The van der Waals surface area contributed by atoms with Gasteiger partial charge in [0, 0.05) is 68.3 Å². The molecule has 2 aliphatic heterocycles. The van der Waals surface area contributed by atoms with Crippen molar-refractivity contribution >= 4 is 28.3 Å². The highest BCUT2D eigenvalue weighted by Crippen LogP contribution is 2.30. The molecule has 3 heterocycles. The first kappa shape index (κ1) is 29.6. The van der Waals surface area contributed by atoms with Crippen LogP contribution in [0.25, 0.3) is 27.8 Å². The number of likely N-dealkylation sites (tertiary alicyclic amines) is 1. The number of amides is 2. The molecule has 7 rings (SSSR count). The standard InChI is InChI=1S/C38H39N5O3/c1-3-46-32-11-8-10-30(24-32)43-26-35(39-36(43)28-15-13-27(2)14-16-28)38(45)42-21-19-40(20-22-42)31-23-29-9-4-5-12-33(29)34(25-31)37(44)41-17-6-7-18-41/h4-5,8-16,23-26H,3,6-7,17-22H2,1-2H3. The molecular formula is C38H39N5O3. The van der Waals surface area contributed by atoms with Crippen LogP contribution in [-0.2, 0) is 0 Å². The van der Waals surface area contributed by atoms with Gasteiger partial charge in [-0.3, -0.25) is 14.2 Å². The molecule has 2 amide bonds. The summed E-state index contributed by atoms with van der Waals surface area (Å²) in [4.78, 5) is 38.5. The van der Waals surface area contributed by atoms with Gasteiger partial charge < -0.3 is 19.4 Å². The molecule has 0 atom stereocenters. The highest BCUT2D eigenvalue weighted by Gasteiger charge is 2.27. The number of nitrogens with zero attached hydrogens (tertiary/aromatic N) is 5. The summed E-state index contributed by atoms with van der Waals surface area (Å²) < 4.78 is 7.74. The topological polar surface area (TPSA) is 70.9 Å². The average Bonchev–Trinajstić information content (AvgIpc) is 3.80. The number of benzene rings is 4. The Bertz CT molecular complexity index is 1880. The van der Waals surface area contributed by atoms with Crippen molar-refractivity contribution in [1.82, 2.24) is 19.4 Å². The van der Waals surface area contributed by atoms with Crippen LogP contribution in [0.4, 0.5) is 5.69 Å². The molecule has 2 aliphatic rings. The van der Waals surface area contributed by atoms with Crippen LogP contribution in [0.2, 0.25) is 0 Å². The molecule has 0 spiro atoms. The van der Waals surface area contributed by atoms with Gasteiger partial charge in [-0.1, -0.05) is 60.2 Å². The van der Waals surface area contributed by atoms with E-state index in [0.717, 1.165) is 70.5 Å². The smallest absolute Gasteiger partial charge is 0.274 e. The van der Waals surface area contributed by atoms with E-state index in [1.54, 1.807) is 0 Å². The van der Waals surface area contributed by atoms with Gasteiger partial charge in [0.15, 0.2) is 0 Å². The molecule has 8 heteroatoms. The molecular weight excluding hydrogens is 574 g/mol. The molecule has 8 nitrogen and oxygen atoms in total. The molecule has 1 aromatic heterocycles. The second-order valence-corrected chi connectivity index (χ2v) is 12.1. The van der Waals surface area contributed by atoms with E-state index in [2.05, 4.69) is 36.1 Å². The second-order valence-electron chi connectivity index (χ2n) is 12.1. The molecule has 234 valence electrons. The van der Waals surface area contributed by atoms with Crippen molar-refractivity contribution in [2.45, 2.75) is 26.7 Å². The van der Waals surface area contributed by atoms with E-state index in [1.165, 1.54) is 0 Å². The van der Waals surface area contributed by atoms with Crippen LogP contribution in [0.15, 0.2) is 91.1 Å². The van der Waals surface area contributed by atoms with Gasteiger partial charge >= 0.3 is 0 Å². The number of carbonyl (C=O) groups excluding carboxylic acids is 2. The molecule has 4 aromatic carbocycles. The van der Waals surface area contributed by atoms with Crippen LogP contribution in [-0.4, -0.2) is 77.0 Å². The van der Waals surface area contributed by atoms with E-state index in [4.69, 9.17) is 9.72 Å². The first-order valence-electron chi connectivity index (χ1n) is 16.2. The van der Waals surface area contributed by atoms with Gasteiger partial charge in [-0.25, -0.2) is 4.98 Å². The third-order valence-electron chi connectivity index (χ3n) is 9.04. The number of rotatable bonds is 7. The van der Waals surface area contributed by atoms with Crippen molar-refractivity contribution in [1.29, 1.82) is 0 Å². The maximum absolute atomic E-state index is 13.9. The summed E-state index contributed by atoms with van der Waals surface area (Å²) in [6.07, 6.45) is 3.96. The molecule has 46 heavy (non-hydrogen) atoms. The van der Waals surface area contributed by atoms with E-state index in [1.807, 2.05) is 88.2 Å². The number of fused-ring (bicyclic) bond motifs is 1. The van der Waals surface area contributed by atoms with Crippen molar-refractivity contribution in [3.05, 3.63) is 108 Å². The molecule has 5 aromatic rings. The second kappa shape index (κ2) is 12.7. The van der Waals surface area contributed by atoms with Crippen LogP contribution < -0.4 is 9.64 Å². The van der Waals surface area contributed by atoms with Gasteiger partial charge in [0.1, 0.15) is 17.3 Å². The Morgan fingerprint density at radius 3 is 2.26 bits per heavy atom. The van der Waals surface area contributed by atoms with Crippen molar-refractivity contribution < 1.29 is 14.3 Å². The van der Waals surface area contributed by atoms with E-state index in [9.17, 15) is 9.59 Å². The minimum atomic E-state index is -0.0869. The van der Waals surface area contributed by atoms with Crippen molar-refractivity contribution in [3.8, 4) is 22.8 Å². The number of anilines is 1. The van der Waals surface area contributed by atoms with E-state index in [-0.39, 0.29) is 11.8 Å². The van der Waals surface area contributed by atoms with Crippen molar-refractivity contribution in [2.75, 3.05) is 50.8 Å². The number of piperazine rings is 1. The summed E-state index contributed by atoms with van der Waals surface area (Å²) in [5, 5.41) is 2.05. The molecule has 0 bridgehead atoms. The van der Waals surface area contributed by atoms with E-state index in [0.29, 0.717) is 44.3 Å². The van der Waals surface area contributed by atoms with E-state index < -0.39 is 0 Å². The van der Waals surface area contributed by atoms with Crippen molar-refractivity contribution in [2.24, 2.45) is 0 Å². The Morgan fingerprint density at radius 1 is 0.761 bits per heavy atom. The lowest BCUT2D eigenvalue weighted by molar-refractivity contribution is 0.0741. The average molecular weight is 614 g/mol. The summed E-state index contributed by atoms with van der Waals surface area (Å²) in [5.74, 6) is 1.50. The number of aryl methyl sites for hydroxylation is 1. The fourth-order valence-corrected chi connectivity index (χ4v) is 6.55. The first-order chi connectivity index (χ1) is 22.5. The van der Waals surface area contributed by atoms with Gasteiger partial charge in [-0.15, -0.1) is 0 Å². The minimum Gasteiger partial charge on any atom is -0.494 e. The molecule has 0 radical (unpaired) electrons. The lowest BCUT2D eigenvalue weighted by Gasteiger charge is -2.36. The van der Waals surface area contributed by atoms with Gasteiger partial charge in [0.05, 0.1) is 12.3 Å². The minimum absolute atomic E-state index is 0.0869. The van der Waals surface area contributed by atoms with Gasteiger partial charge in [-0.2, -0.15) is 0 Å². The quantitative estimate of drug-likeness (QED) is 0.207. The summed E-state index contributed by atoms with van der Waals surface area (Å²) >= 11 is 0. The summed E-state index contributed by atoms with van der Waals surface area (Å²) in [6.45, 7) is 8.69. The fourth-order valence-electron chi connectivity index (χ4n) is 6.55. The number of carbonyl (C=O) groups is 2. The molecule has 2 fully saturated rings. The van der Waals surface area contributed by atoms with Crippen LogP contribution in [0.5, 0.6) is 5.75 Å². The normalized spacial score (nSPS) is 15.0. The van der Waals surface area contributed by atoms with Crippen LogP contribution in [0.3, 0.4) is 0 Å². The number of hydrogen-bond donors (Lipinski definition) is 0. The molecule has 0 saturated carbocycles. The highest BCUT2D eigenvalue weighted by molar-refractivity contribution is 6.08. The Morgan fingerprint density at radius 2 is 1.50 bits per heavy atom. The van der Waals surface area contributed by atoms with Crippen LogP contribution in [0, 0.1) is 6.92 Å². The Labute approximate surface area is 269 Å². The zero-order valence-electron chi connectivity index (χ0n) is 26.5. The summed E-state index contributed by atoms with van der Waals surface area (Å²) in [6, 6.07) is 28.4. The Balaban J connectivity index is 1.14. The zero-order chi connectivity index (χ0) is 31.6. The largest absolute Gasteiger partial charge is 0.494 e. The van der Waals surface area contributed by atoms with Gasteiger partial charge in [0.2, 0.25) is 0 Å². The fraction of sp³-hybridized carbons (Fsp3) is 0.289. The van der Waals surface area contributed by atoms with Gasteiger partial charge in [0.25, 0.3) is 11.8 Å². The maximum Gasteiger partial charge on any atom is 0.274 e. The third kappa shape index (κ3) is 5.83. The lowest BCUT2D eigenvalue weighted by atomic mass is 10.0. The SMILES string of the molecule is CCOc1cccc(-n2cc(C(=O)N3CCN(c4cc(C(=O)N5CCCC5)c5ccccc5c4)CC3)nc2-c2ccc(C)cc2)c1. The molecule has 0 N–H and O–H groups in total. The first-order valence-corrected chi connectivity index (χ1v) is 16.2. The number of aromatic nitrogens is 2. The monoisotopic (exact) mass is 613 g/mol. The summed E-state index contributed by atoms with van der Waals surface area (Å²) in [5.41, 5.74) is 5.17. The molecule has 2 saturated heterocycles. The zero-order valence-corrected chi connectivity index (χ0v) is 26.5. The number of imidazole rings is 1.